The van der Waals surface area contributed by atoms with Crippen LogP contribution in [-0.4, -0.2) is 21.3 Å². The van der Waals surface area contributed by atoms with E-state index in [2.05, 4.69) is 10.2 Å². The van der Waals surface area contributed by atoms with Crippen LogP contribution in [-0.2, 0) is 13.0 Å². The number of aromatic nitrogens is 2. The molecule has 1 aromatic heterocycles. The van der Waals surface area contributed by atoms with Gasteiger partial charge in [0.05, 0.1) is 0 Å². The lowest BCUT2D eigenvalue weighted by Gasteiger charge is -2.07. The van der Waals surface area contributed by atoms with Crippen molar-refractivity contribution >= 4 is 28.6 Å². The number of hydrogen-bond acceptors (Lipinski definition) is 5. The van der Waals surface area contributed by atoms with Gasteiger partial charge in [-0.15, -0.1) is 10.2 Å². The van der Waals surface area contributed by atoms with Gasteiger partial charge in [0.25, 0.3) is 5.89 Å². The van der Waals surface area contributed by atoms with Crippen LogP contribution in [0.3, 0.4) is 0 Å². The Morgan fingerprint density at radius 1 is 1.42 bits per heavy atom. The molecule has 100 valence electrons. The zero-order valence-corrected chi connectivity index (χ0v) is 12.2. The highest BCUT2D eigenvalue weighted by Crippen LogP contribution is 2.22. The van der Waals surface area contributed by atoms with E-state index in [-0.39, 0.29) is 17.9 Å². The molecule has 0 aliphatic rings. The first-order chi connectivity index (χ1) is 9.10. The maximum absolute atomic E-state index is 11.1. The number of hydrogen-bond donors (Lipinski definition) is 1. The van der Waals surface area contributed by atoms with E-state index in [0.717, 1.165) is 3.57 Å². The van der Waals surface area contributed by atoms with E-state index < -0.39 is 5.97 Å². The molecular weight excluding hydrogens is 363 g/mol. The second-order valence-electron chi connectivity index (χ2n) is 3.68. The summed E-state index contributed by atoms with van der Waals surface area (Å²) in [6.45, 7) is 1.95. The number of aromatic carboxylic acids is 1. The molecule has 7 heteroatoms. The molecule has 0 unspecified atom stereocenters. The van der Waals surface area contributed by atoms with Crippen molar-refractivity contribution in [3.8, 4) is 5.75 Å². The predicted molar refractivity (Wildman–Crippen MR) is 74.1 cm³/mol. The van der Waals surface area contributed by atoms with Gasteiger partial charge in [-0.2, -0.15) is 0 Å². The van der Waals surface area contributed by atoms with Crippen molar-refractivity contribution in [2.24, 2.45) is 0 Å². The van der Waals surface area contributed by atoms with Crippen LogP contribution in [0.4, 0.5) is 0 Å². The summed E-state index contributed by atoms with van der Waals surface area (Å²) in [6.07, 6.45) is 0.650. The van der Waals surface area contributed by atoms with E-state index in [1.54, 1.807) is 18.2 Å². The van der Waals surface area contributed by atoms with Crippen molar-refractivity contribution in [2.45, 2.75) is 20.0 Å². The van der Waals surface area contributed by atoms with Gasteiger partial charge < -0.3 is 14.3 Å². The second kappa shape index (κ2) is 6.00. The molecule has 2 aromatic rings. The molecule has 6 nitrogen and oxygen atoms in total. The summed E-state index contributed by atoms with van der Waals surface area (Å²) in [4.78, 5) is 11.1. The van der Waals surface area contributed by atoms with Crippen LogP contribution in [0.1, 0.15) is 29.1 Å². The molecule has 0 saturated carbocycles. The monoisotopic (exact) mass is 374 g/mol. The van der Waals surface area contributed by atoms with E-state index in [1.807, 2.05) is 29.5 Å². The first-order valence-electron chi connectivity index (χ1n) is 5.57. The average Bonchev–Trinajstić information content (AvgIpc) is 2.85. The molecule has 0 bridgehead atoms. The van der Waals surface area contributed by atoms with Crippen molar-refractivity contribution in [1.82, 2.24) is 10.2 Å². The average molecular weight is 374 g/mol. The Kier molecular flexibility index (Phi) is 4.35. The Hall–Kier alpha value is -1.64. The van der Waals surface area contributed by atoms with Gasteiger partial charge in [0.1, 0.15) is 11.3 Å². The van der Waals surface area contributed by atoms with Crippen molar-refractivity contribution in [3.63, 3.8) is 0 Å². The number of rotatable bonds is 5. The molecule has 0 radical (unpaired) electrons. The number of carboxylic acids is 1. The van der Waals surface area contributed by atoms with Crippen LogP contribution in [0.15, 0.2) is 22.6 Å². The maximum Gasteiger partial charge on any atom is 0.339 e. The highest BCUT2D eigenvalue weighted by Gasteiger charge is 2.13. The lowest BCUT2D eigenvalue weighted by atomic mass is 10.2. The molecule has 0 fully saturated rings. The van der Waals surface area contributed by atoms with Crippen LogP contribution >= 0.6 is 22.6 Å². The first kappa shape index (κ1) is 13.8. The SMILES string of the molecule is CCc1nnc(COc2ccc(I)cc2C(=O)O)o1. The quantitative estimate of drug-likeness (QED) is 0.810. The standard InChI is InChI=1S/C12H11IN2O4/c1-2-10-14-15-11(19-10)6-18-9-4-3-7(13)5-8(9)12(16)17/h3-5H,2,6H2,1H3,(H,16,17). The van der Waals surface area contributed by atoms with E-state index in [1.165, 1.54) is 0 Å². The van der Waals surface area contributed by atoms with Crippen molar-refractivity contribution in [3.05, 3.63) is 39.1 Å². The van der Waals surface area contributed by atoms with Gasteiger partial charge in [0.15, 0.2) is 6.61 Å². The van der Waals surface area contributed by atoms with Gasteiger partial charge in [0.2, 0.25) is 5.89 Å². The minimum Gasteiger partial charge on any atom is -0.483 e. The topological polar surface area (TPSA) is 85.5 Å². The van der Waals surface area contributed by atoms with Gasteiger partial charge in [-0.3, -0.25) is 0 Å². The summed E-state index contributed by atoms with van der Waals surface area (Å²) in [6, 6.07) is 4.93. The van der Waals surface area contributed by atoms with E-state index in [4.69, 9.17) is 14.3 Å². The number of aryl methyl sites for hydroxylation is 1. The fraction of sp³-hybridized carbons (Fsp3) is 0.250. The van der Waals surface area contributed by atoms with Crippen LogP contribution in [0.25, 0.3) is 0 Å². The summed E-state index contributed by atoms with van der Waals surface area (Å²) in [5, 5.41) is 16.7. The highest BCUT2D eigenvalue weighted by atomic mass is 127. The van der Waals surface area contributed by atoms with Crippen LogP contribution in [0, 0.1) is 3.57 Å². The van der Waals surface area contributed by atoms with Gasteiger partial charge in [0, 0.05) is 9.99 Å². The zero-order valence-electron chi connectivity index (χ0n) is 10.1. The summed E-state index contributed by atoms with van der Waals surface area (Å²) >= 11 is 2.04. The molecule has 0 aliphatic heterocycles. The number of ether oxygens (including phenoxy) is 1. The van der Waals surface area contributed by atoms with Crippen molar-refractivity contribution < 1.29 is 19.1 Å². The molecule has 2 rings (SSSR count). The van der Waals surface area contributed by atoms with Crippen molar-refractivity contribution in [1.29, 1.82) is 0 Å². The molecule has 0 amide bonds. The van der Waals surface area contributed by atoms with Crippen LogP contribution in [0.5, 0.6) is 5.75 Å². The third-order valence-electron chi connectivity index (χ3n) is 2.33. The first-order valence-corrected chi connectivity index (χ1v) is 6.65. The summed E-state index contributed by atoms with van der Waals surface area (Å²) in [5.74, 6) is 0.101. The predicted octanol–water partition coefficient (Wildman–Crippen LogP) is 2.51. The maximum atomic E-state index is 11.1. The minimum absolute atomic E-state index is 0.0495. The van der Waals surface area contributed by atoms with Crippen LogP contribution in [0.2, 0.25) is 0 Å². The zero-order chi connectivity index (χ0) is 13.8. The molecule has 0 atom stereocenters. The molecule has 0 aliphatic carbocycles. The molecule has 1 aromatic carbocycles. The lowest BCUT2D eigenvalue weighted by Crippen LogP contribution is -2.04. The number of halogens is 1. The number of carboxylic acid groups (broad SMARTS) is 1. The largest absolute Gasteiger partial charge is 0.483 e. The van der Waals surface area contributed by atoms with E-state index in [9.17, 15) is 4.79 Å². The van der Waals surface area contributed by atoms with Gasteiger partial charge in [-0.25, -0.2) is 4.79 Å². The Balaban J connectivity index is 2.12. The number of carbonyl (C=O) groups is 1. The van der Waals surface area contributed by atoms with Gasteiger partial charge in [-0.05, 0) is 40.8 Å². The number of nitrogens with zero attached hydrogens (tertiary/aromatic N) is 2. The number of benzene rings is 1. The smallest absolute Gasteiger partial charge is 0.339 e. The molecule has 0 saturated heterocycles. The lowest BCUT2D eigenvalue weighted by molar-refractivity contribution is 0.0691. The molecule has 1 heterocycles. The van der Waals surface area contributed by atoms with E-state index in [0.29, 0.717) is 18.2 Å². The third kappa shape index (κ3) is 3.43. The second-order valence-corrected chi connectivity index (χ2v) is 4.92. The van der Waals surface area contributed by atoms with Gasteiger partial charge >= 0.3 is 5.97 Å². The fourth-order valence-corrected chi connectivity index (χ4v) is 1.92. The molecule has 1 N–H and O–H groups in total. The van der Waals surface area contributed by atoms with Crippen LogP contribution < -0.4 is 4.74 Å². The Morgan fingerprint density at radius 2 is 2.16 bits per heavy atom. The minimum atomic E-state index is -1.03. The molecule has 0 spiro atoms. The highest BCUT2D eigenvalue weighted by molar-refractivity contribution is 14.1. The molecule has 19 heavy (non-hydrogen) atoms. The van der Waals surface area contributed by atoms with Gasteiger partial charge in [-0.1, -0.05) is 6.92 Å². The molecular formula is C12H11IN2O4. The van der Waals surface area contributed by atoms with Crippen molar-refractivity contribution in [2.75, 3.05) is 0 Å². The Labute approximate surface area is 122 Å². The Bertz CT molecular complexity index is 597. The summed E-state index contributed by atoms with van der Waals surface area (Å²) in [5.41, 5.74) is 0.113. The summed E-state index contributed by atoms with van der Waals surface area (Å²) < 4.78 is 11.5. The normalized spacial score (nSPS) is 10.4. The summed E-state index contributed by atoms with van der Waals surface area (Å²) in [7, 11) is 0. The van der Waals surface area contributed by atoms with E-state index >= 15 is 0 Å². The Morgan fingerprint density at radius 3 is 2.79 bits per heavy atom. The fourth-order valence-electron chi connectivity index (χ4n) is 1.42. The third-order valence-corrected chi connectivity index (χ3v) is 3.01.